The second kappa shape index (κ2) is 7.93. The minimum absolute atomic E-state index is 0.143. The Morgan fingerprint density at radius 1 is 1.40 bits per heavy atom. The van der Waals surface area contributed by atoms with E-state index in [4.69, 9.17) is 5.73 Å². The normalized spacial score (nSPS) is 21.3. The van der Waals surface area contributed by atoms with Gasteiger partial charge in [0.1, 0.15) is 18.0 Å². The van der Waals surface area contributed by atoms with Gasteiger partial charge in [-0.3, -0.25) is 9.59 Å². The van der Waals surface area contributed by atoms with Crippen molar-refractivity contribution in [3.8, 4) is 0 Å². The molecule has 1 fully saturated rings. The molecule has 25 heavy (non-hydrogen) atoms. The first-order valence-electron chi connectivity index (χ1n) is 7.89. The Morgan fingerprint density at radius 2 is 2.12 bits per heavy atom. The van der Waals surface area contributed by atoms with Gasteiger partial charge < -0.3 is 26.4 Å². The SMILES string of the molecule is C[C@H](O)C(=O)N1CC[C@H](NC(=O)Nc2cccc(F)c2)C[C@H]1C(N)=O. The lowest BCUT2D eigenvalue weighted by Gasteiger charge is -2.38. The van der Waals surface area contributed by atoms with Gasteiger partial charge in [-0.25, -0.2) is 9.18 Å². The number of nitrogens with one attached hydrogen (secondary N) is 2. The maximum absolute atomic E-state index is 13.1. The molecule has 1 aliphatic rings. The van der Waals surface area contributed by atoms with Crippen LogP contribution in [0.3, 0.4) is 0 Å². The van der Waals surface area contributed by atoms with Crippen molar-refractivity contribution in [1.29, 1.82) is 0 Å². The summed E-state index contributed by atoms with van der Waals surface area (Å²) in [5.74, 6) is -1.76. The molecular formula is C16H21FN4O4. The fourth-order valence-electron chi connectivity index (χ4n) is 2.79. The average molecular weight is 352 g/mol. The Balaban J connectivity index is 1.96. The molecule has 1 aliphatic heterocycles. The number of benzene rings is 1. The van der Waals surface area contributed by atoms with Gasteiger partial charge in [0.15, 0.2) is 0 Å². The molecular weight excluding hydrogens is 331 g/mol. The largest absolute Gasteiger partial charge is 0.384 e. The molecule has 0 aromatic heterocycles. The first kappa shape index (κ1) is 18.7. The number of carbonyl (C=O) groups excluding carboxylic acids is 3. The number of urea groups is 1. The Morgan fingerprint density at radius 3 is 2.72 bits per heavy atom. The molecule has 2 rings (SSSR count). The molecule has 0 unspecified atom stereocenters. The summed E-state index contributed by atoms with van der Waals surface area (Å²) in [4.78, 5) is 36.8. The van der Waals surface area contributed by atoms with E-state index in [1.165, 1.54) is 30.0 Å². The molecule has 1 aromatic carbocycles. The number of rotatable bonds is 4. The molecule has 0 saturated carbocycles. The maximum atomic E-state index is 13.1. The predicted octanol–water partition coefficient (Wildman–Crippen LogP) is 0.173. The summed E-state index contributed by atoms with van der Waals surface area (Å²) < 4.78 is 13.1. The molecule has 4 amide bonds. The number of nitrogens with zero attached hydrogens (tertiary/aromatic N) is 1. The molecule has 0 bridgehead atoms. The van der Waals surface area contributed by atoms with Crippen LogP contribution in [0.1, 0.15) is 19.8 Å². The van der Waals surface area contributed by atoms with Crippen molar-refractivity contribution in [2.75, 3.05) is 11.9 Å². The third-order valence-corrected chi connectivity index (χ3v) is 3.99. The van der Waals surface area contributed by atoms with Crippen LogP contribution in [0.5, 0.6) is 0 Å². The van der Waals surface area contributed by atoms with E-state index in [9.17, 15) is 23.9 Å². The third kappa shape index (κ3) is 4.90. The van der Waals surface area contributed by atoms with Gasteiger partial charge in [0.05, 0.1) is 0 Å². The number of piperidine rings is 1. The highest BCUT2D eigenvalue weighted by molar-refractivity contribution is 5.90. The fourth-order valence-corrected chi connectivity index (χ4v) is 2.79. The highest BCUT2D eigenvalue weighted by Crippen LogP contribution is 2.19. The van der Waals surface area contributed by atoms with Gasteiger partial charge in [-0.15, -0.1) is 0 Å². The van der Waals surface area contributed by atoms with Gasteiger partial charge in [-0.05, 0) is 38.0 Å². The average Bonchev–Trinajstić information content (AvgIpc) is 2.53. The van der Waals surface area contributed by atoms with Crippen LogP contribution in [-0.2, 0) is 9.59 Å². The second-order valence-electron chi connectivity index (χ2n) is 5.96. The number of hydrogen-bond donors (Lipinski definition) is 4. The van der Waals surface area contributed by atoms with Crippen LogP contribution in [0, 0.1) is 5.82 Å². The quantitative estimate of drug-likeness (QED) is 0.616. The molecule has 1 aromatic rings. The van der Waals surface area contributed by atoms with E-state index < -0.39 is 35.8 Å². The van der Waals surface area contributed by atoms with E-state index in [0.29, 0.717) is 12.1 Å². The maximum Gasteiger partial charge on any atom is 0.319 e. The highest BCUT2D eigenvalue weighted by atomic mass is 19.1. The Hall–Kier alpha value is -2.68. The van der Waals surface area contributed by atoms with E-state index in [1.807, 2.05) is 0 Å². The second-order valence-corrected chi connectivity index (χ2v) is 5.96. The number of aliphatic hydroxyl groups excluding tert-OH is 1. The van der Waals surface area contributed by atoms with E-state index in [2.05, 4.69) is 10.6 Å². The molecule has 1 saturated heterocycles. The summed E-state index contributed by atoms with van der Waals surface area (Å²) in [5, 5.41) is 14.6. The third-order valence-electron chi connectivity index (χ3n) is 3.99. The number of hydrogen-bond acceptors (Lipinski definition) is 4. The number of anilines is 1. The van der Waals surface area contributed by atoms with Gasteiger partial charge in [0.25, 0.3) is 5.91 Å². The summed E-state index contributed by atoms with van der Waals surface area (Å²) in [6.07, 6.45) is -0.689. The summed E-state index contributed by atoms with van der Waals surface area (Å²) in [5.41, 5.74) is 5.64. The van der Waals surface area contributed by atoms with Gasteiger partial charge in [-0.1, -0.05) is 6.07 Å². The number of aliphatic hydroxyl groups is 1. The van der Waals surface area contributed by atoms with Crippen molar-refractivity contribution < 1.29 is 23.9 Å². The van der Waals surface area contributed by atoms with Gasteiger partial charge >= 0.3 is 6.03 Å². The molecule has 8 nitrogen and oxygen atoms in total. The van der Waals surface area contributed by atoms with Crippen LogP contribution in [0.2, 0.25) is 0 Å². The number of halogens is 1. The Labute approximate surface area is 144 Å². The smallest absolute Gasteiger partial charge is 0.319 e. The van der Waals surface area contributed by atoms with Gasteiger partial charge in [0.2, 0.25) is 5.91 Å². The summed E-state index contributed by atoms with van der Waals surface area (Å²) >= 11 is 0. The monoisotopic (exact) mass is 352 g/mol. The number of primary amides is 1. The van der Waals surface area contributed by atoms with Crippen LogP contribution in [0.25, 0.3) is 0 Å². The molecule has 0 aliphatic carbocycles. The van der Waals surface area contributed by atoms with Gasteiger partial charge in [0, 0.05) is 18.3 Å². The lowest BCUT2D eigenvalue weighted by Crippen LogP contribution is -2.58. The molecule has 0 spiro atoms. The zero-order valence-corrected chi connectivity index (χ0v) is 13.7. The van der Waals surface area contributed by atoms with Crippen molar-refractivity contribution >= 4 is 23.5 Å². The number of carbonyl (C=O) groups is 3. The minimum Gasteiger partial charge on any atom is -0.384 e. The topological polar surface area (TPSA) is 125 Å². The summed E-state index contributed by atoms with van der Waals surface area (Å²) in [7, 11) is 0. The Bertz CT molecular complexity index is 667. The first-order chi connectivity index (χ1) is 11.8. The molecule has 0 radical (unpaired) electrons. The van der Waals surface area contributed by atoms with Crippen molar-refractivity contribution in [3.63, 3.8) is 0 Å². The van der Waals surface area contributed by atoms with Crippen LogP contribution < -0.4 is 16.4 Å². The van der Waals surface area contributed by atoms with Crippen molar-refractivity contribution in [2.45, 2.75) is 38.0 Å². The Kier molecular flexibility index (Phi) is 5.92. The summed E-state index contributed by atoms with van der Waals surface area (Å²) in [6, 6.07) is 3.60. The van der Waals surface area contributed by atoms with Gasteiger partial charge in [-0.2, -0.15) is 0 Å². The standard InChI is InChI=1S/C16H21FN4O4/c1-9(22)15(24)21-6-5-12(8-13(21)14(18)23)20-16(25)19-11-4-2-3-10(17)7-11/h2-4,7,9,12-13,22H,5-6,8H2,1H3,(H2,18,23)(H2,19,20,25)/t9-,12-,13-/m0/s1. The molecule has 1 heterocycles. The van der Waals surface area contributed by atoms with Crippen LogP contribution >= 0.6 is 0 Å². The minimum atomic E-state index is -1.23. The molecule has 3 atom stereocenters. The number of likely N-dealkylation sites (tertiary alicyclic amines) is 1. The lowest BCUT2D eigenvalue weighted by molar-refractivity contribution is -0.147. The first-order valence-corrected chi connectivity index (χ1v) is 7.89. The van der Waals surface area contributed by atoms with Crippen LogP contribution in [0.4, 0.5) is 14.9 Å². The zero-order chi connectivity index (χ0) is 18.6. The van der Waals surface area contributed by atoms with E-state index in [-0.39, 0.29) is 19.0 Å². The molecule has 5 N–H and O–H groups in total. The van der Waals surface area contributed by atoms with Crippen molar-refractivity contribution in [2.24, 2.45) is 5.73 Å². The number of amides is 4. The zero-order valence-electron chi connectivity index (χ0n) is 13.7. The van der Waals surface area contributed by atoms with E-state index in [0.717, 1.165) is 0 Å². The summed E-state index contributed by atoms with van der Waals surface area (Å²) in [6.45, 7) is 1.50. The van der Waals surface area contributed by atoms with Crippen molar-refractivity contribution in [3.05, 3.63) is 30.1 Å². The van der Waals surface area contributed by atoms with Crippen LogP contribution in [-0.4, -0.2) is 52.6 Å². The van der Waals surface area contributed by atoms with Crippen LogP contribution in [0.15, 0.2) is 24.3 Å². The van der Waals surface area contributed by atoms with Crippen molar-refractivity contribution in [1.82, 2.24) is 10.2 Å². The van der Waals surface area contributed by atoms with E-state index >= 15 is 0 Å². The van der Waals surface area contributed by atoms with E-state index in [1.54, 1.807) is 6.07 Å². The lowest BCUT2D eigenvalue weighted by atomic mass is 9.96. The molecule has 136 valence electrons. The predicted molar refractivity (Wildman–Crippen MR) is 88.0 cm³/mol. The molecule has 9 heteroatoms. The highest BCUT2D eigenvalue weighted by Gasteiger charge is 2.36. The number of nitrogens with two attached hydrogens (primary N) is 1. The fraction of sp³-hybridized carbons (Fsp3) is 0.438.